The summed E-state index contributed by atoms with van der Waals surface area (Å²) in [5, 5.41) is 3.58. The second-order valence-corrected chi connectivity index (χ2v) is 5.86. The molecule has 0 aliphatic carbocycles. The average molecular weight is 280 g/mol. The summed E-state index contributed by atoms with van der Waals surface area (Å²) in [5.74, 6) is 1.04. The normalized spacial score (nSPS) is 22.8. The molecule has 0 amide bonds. The Balaban J connectivity index is 1.91. The van der Waals surface area contributed by atoms with Crippen LogP contribution in [0.1, 0.15) is 32.4 Å². The van der Waals surface area contributed by atoms with Gasteiger partial charge in [-0.2, -0.15) is 0 Å². The molecular weight excluding hydrogens is 252 g/mol. The number of nitrogens with one attached hydrogen (secondary N) is 1. The number of nitrogens with zero attached hydrogens (tertiary/aromatic N) is 1. The van der Waals surface area contributed by atoms with E-state index in [0.717, 1.165) is 58.1 Å². The van der Waals surface area contributed by atoms with Crippen LogP contribution in [-0.4, -0.2) is 44.3 Å². The largest absolute Gasteiger partial charge is 0.468 e. The van der Waals surface area contributed by atoms with Gasteiger partial charge < -0.3 is 14.5 Å². The third-order valence-electron chi connectivity index (χ3n) is 4.08. The second kappa shape index (κ2) is 7.81. The molecule has 1 aromatic rings. The van der Waals surface area contributed by atoms with Gasteiger partial charge in [-0.05, 0) is 38.1 Å². The summed E-state index contributed by atoms with van der Waals surface area (Å²) >= 11 is 0. The van der Waals surface area contributed by atoms with Crippen molar-refractivity contribution in [3.05, 3.63) is 24.2 Å². The molecule has 1 unspecified atom stereocenters. The van der Waals surface area contributed by atoms with Crippen LogP contribution >= 0.6 is 0 Å². The minimum absolute atomic E-state index is 0.262. The van der Waals surface area contributed by atoms with Crippen LogP contribution in [0.5, 0.6) is 0 Å². The monoisotopic (exact) mass is 280 g/mol. The fourth-order valence-electron chi connectivity index (χ4n) is 2.88. The molecule has 1 fully saturated rings. The molecule has 2 rings (SSSR count). The lowest BCUT2D eigenvalue weighted by Gasteiger charge is -2.33. The smallest absolute Gasteiger partial charge is 0.117 e. The van der Waals surface area contributed by atoms with E-state index in [1.807, 2.05) is 6.07 Å². The first-order chi connectivity index (χ1) is 9.78. The SMILES string of the molecule is CCCNCC1(CN(CC)Cc2ccco2)CCOC1. The molecule has 1 aromatic heterocycles. The zero-order chi connectivity index (χ0) is 14.3. The summed E-state index contributed by atoms with van der Waals surface area (Å²) < 4.78 is 11.2. The van der Waals surface area contributed by atoms with Crippen LogP contribution < -0.4 is 5.32 Å². The van der Waals surface area contributed by atoms with Crippen LogP contribution in [0, 0.1) is 5.41 Å². The summed E-state index contributed by atoms with van der Waals surface area (Å²) in [6.07, 6.45) is 4.08. The molecular formula is C16H28N2O2. The molecule has 1 N–H and O–H groups in total. The minimum atomic E-state index is 0.262. The van der Waals surface area contributed by atoms with Gasteiger partial charge in [-0.3, -0.25) is 4.90 Å². The first kappa shape index (κ1) is 15.5. The average Bonchev–Trinajstić information content (AvgIpc) is 3.11. The van der Waals surface area contributed by atoms with Crippen LogP contribution in [0.3, 0.4) is 0 Å². The van der Waals surface area contributed by atoms with Crippen LogP contribution in [-0.2, 0) is 11.3 Å². The molecule has 0 spiro atoms. The van der Waals surface area contributed by atoms with E-state index < -0.39 is 0 Å². The van der Waals surface area contributed by atoms with Crippen molar-refractivity contribution >= 4 is 0 Å². The number of hydrogen-bond acceptors (Lipinski definition) is 4. The van der Waals surface area contributed by atoms with Crippen molar-refractivity contribution in [3.63, 3.8) is 0 Å². The van der Waals surface area contributed by atoms with Crippen molar-refractivity contribution in [2.45, 2.75) is 33.2 Å². The lowest BCUT2D eigenvalue weighted by atomic mass is 9.86. The Labute approximate surface area is 122 Å². The zero-order valence-corrected chi connectivity index (χ0v) is 12.9. The predicted octanol–water partition coefficient (Wildman–Crippen LogP) is 2.51. The highest BCUT2D eigenvalue weighted by Crippen LogP contribution is 2.29. The highest BCUT2D eigenvalue weighted by atomic mass is 16.5. The van der Waals surface area contributed by atoms with Crippen molar-refractivity contribution in [2.24, 2.45) is 5.41 Å². The maximum Gasteiger partial charge on any atom is 0.117 e. The molecule has 2 heterocycles. The van der Waals surface area contributed by atoms with E-state index in [9.17, 15) is 0 Å². The molecule has 4 nitrogen and oxygen atoms in total. The third-order valence-corrected chi connectivity index (χ3v) is 4.08. The summed E-state index contributed by atoms with van der Waals surface area (Å²) in [6.45, 7) is 11.3. The van der Waals surface area contributed by atoms with E-state index in [1.165, 1.54) is 6.42 Å². The van der Waals surface area contributed by atoms with Gasteiger partial charge in [-0.1, -0.05) is 13.8 Å². The highest BCUT2D eigenvalue weighted by molar-refractivity contribution is 4.98. The quantitative estimate of drug-likeness (QED) is 0.705. The standard InChI is InChI=1S/C16H28N2O2/c1-3-8-17-12-16(7-10-19-14-16)13-18(4-2)11-15-6-5-9-20-15/h5-6,9,17H,3-4,7-8,10-14H2,1-2H3. The molecule has 0 radical (unpaired) electrons. The molecule has 1 atom stereocenters. The van der Waals surface area contributed by atoms with Gasteiger partial charge in [0.2, 0.25) is 0 Å². The lowest BCUT2D eigenvalue weighted by Crippen LogP contribution is -2.44. The molecule has 4 heteroatoms. The number of hydrogen-bond donors (Lipinski definition) is 1. The maximum atomic E-state index is 5.68. The molecule has 20 heavy (non-hydrogen) atoms. The van der Waals surface area contributed by atoms with Gasteiger partial charge in [-0.25, -0.2) is 0 Å². The van der Waals surface area contributed by atoms with E-state index in [2.05, 4.69) is 30.1 Å². The molecule has 1 aliphatic rings. The topological polar surface area (TPSA) is 37.6 Å². The summed E-state index contributed by atoms with van der Waals surface area (Å²) in [4.78, 5) is 2.46. The molecule has 0 aromatic carbocycles. The zero-order valence-electron chi connectivity index (χ0n) is 12.9. The first-order valence-corrected chi connectivity index (χ1v) is 7.81. The lowest BCUT2D eigenvalue weighted by molar-refractivity contribution is 0.104. The fraction of sp³-hybridized carbons (Fsp3) is 0.750. The maximum absolute atomic E-state index is 5.68. The van der Waals surface area contributed by atoms with Crippen LogP contribution in [0.2, 0.25) is 0 Å². The Morgan fingerprint density at radius 2 is 2.30 bits per heavy atom. The van der Waals surface area contributed by atoms with E-state index in [-0.39, 0.29) is 5.41 Å². The van der Waals surface area contributed by atoms with E-state index in [1.54, 1.807) is 6.26 Å². The van der Waals surface area contributed by atoms with Crippen LogP contribution in [0.25, 0.3) is 0 Å². The minimum Gasteiger partial charge on any atom is -0.468 e. The van der Waals surface area contributed by atoms with Crippen molar-refractivity contribution in [2.75, 3.05) is 39.4 Å². The van der Waals surface area contributed by atoms with Gasteiger partial charge in [-0.15, -0.1) is 0 Å². The van der Waals surface area contributed by atoms with Gasteiger partial charge in [0.15, 0.2) is 0 Å². The Morgan fingerprint density at radius 1 is 1.40 bits per heavy atom. The second-order valence-electron chi connectivity index (χ2n) is 5.86. The third kappa shape index (κ3) is 4.33. The van der Waals surface area contributed by atoms with Gasteiger partial charge in [0.25, 0.3) is 0 Å². The Kier molecular flexibility index (Phi) is 6.07. The summed E-state index contributed by atoms with van der Waals surface area (Å²) in [7, 11) is 0. The molecule has 0 saturated carbocycles. The van der Waals surface area contributed by atoms with Gasteiger partial charge in [0, 0.05) is 25.1 Å². The van der Waals surface area contributed by atoms with Crippen LogP contribution in [0.15, 0.2) is 22.8 Å². The Hall–Kier alpha value is -0.840. The van der Waals surface area contributed by atoms with Gasteiger partial charge in [0.1, 0.15) is 5.76 Å². The molecule has 114 valence electrons. The van der Waals surface area contributed by atoms with Crippen molar-refractivity contribution in [1.29, 1.82) is 0 Å². The first-order valence-electron chi connectivity index (χ1n) is 7.81. The Morgan fingerprint density at radius 3 is 2.90 bits per heavy atom. The molecule has 0 bridgehead atoms. The number of rotatable bonds is 9. The van der Waals surface area contributed by atoms with Crippen LogP contribution in [0.4, 0.5) is 0 Å². The Bertz CT molecular complexity index is 359. The molecule has 1 aliphatic heterocycles. The van der Waals surface area contributed by atoms with Gasteiger partial charge in [0.05, 0.1) is 19.4 Å². The van der Waals surface area contributed by atoms with Crippen molar-refractivity contribution < 1.29 is 9.15 Å². The van der Waals surface area contributed by atoms with Crippen molar-refractivity contribution in [3.8, 4) is 0 Å². The summed E-state index contributed by atoms with van der Waals surface area (Å²) in [5.41, 5.74) is 0.262. The predicted molar refractivity (Wildman–Crippen MR) is 80.7 cm³/mol. The summed E-state index contributed by atoms with van der Waals surface area (Å²) in [6, 6.07) is 4.01. The fourth-order valence-corrected chi connectivity index (χ4v) is 2.88. The number of furan rings is 1. The van der Waals surface area contributed by atoms with E-state index >= 15 is 0 Å². The highest BCUT2D eigenvalue weighted by Gasteiger charge is 2.36. The number of ether oxygens (including phenoxy) is 1. The van der Waals surface area contributed by atoms with E-state index in [0.29, 0.717) is 0 Å². The van der Waals surface area contributed by atoms with Gasteiger partial charge >= 0.3 is 0 Å². The van der Waals surface area contributed by atoms with E-state index in [4.69, 9.17) is 9.15 Å². The van der Waals surface area contributed by atoms with Crippen molar-refractivity contribution in [1.82, 2.24) is 10.2 Å². The molecule has 1 saturated heterocycles.